The van der Waals surface area contributed by atoms with Crippen LogP contribution in [0.25, 0.3) is 0 Å². The maximum Gasteiger partial charge on any atom is 0.294 e. The van der Waals surface area contributed by atoms with Crippen LogP contribution < -0.4 is 5.73 Å². The number of benzene rings is 1. The molecule has 2 rings (SSSR count). The van der Waals surface area contributed by atoms with Crippen LogP contribution in [-0.2, 0) is 14.9 Å². The lowest BCUT2D eigenvalue weighted by Gasteiger charge is -2.23. The lowest BCUT2D eigenvalue weighted by Crippen LogP contribution is -2.32. The summed E-state index contributed by atoms with van der Waals surface area (Å²) in [6, 6.07) is 6.38. The van der Waals surface area contributed by atoms with Crippen molar-refractivity contribution in [1.82, 2.24) is 0 Å². The van der Waals surface area contributed by atoms with Gasteiger partial charge in [-0.2, -0.15) is 8.42 Å². The van der Waals surface area contributed by atoms with Crippen LogP contribution in [0.4, 0.5) is 0 Å². The molecule has 1 aliphatic rings. The van der Waals surface area contributed by atoms with Crippen molar-refractivity contribution < 1.29 is 17.7 Å². The summed E-state index contributed by atoms with van der Waals surface area (Å²) in [4.78, 5) is -0.0666. The highest BCUT2D eigenvalue weighted by molar-refractivity contribution is 7.85. The summed E-state index contributed by atoms with van der Waals surface area (Å²) in [5, 5.41) is 0. The van der Waals surface area contributed by atoms with Gasteiger partial charge in [0, 0.05) is 12.6 Å². The van der Waals surface area contributed by atoms with Crippen LogP contribution in [0.2, 0.25) is 0 Å². The van der Waals surface area contributed by atoms with E-state index in [1.54, 1.807) is 12.1 Å². The zero-order chi connectivity index (χ0) is 14.5. The SMILES string of the molecule is C[C@@H]1C[C@@H](N)CCO1.Cc1ccc(S(=O)(=O)O)cc1. The number of rotatable bonds is 1. The Morgan fingerprint density at radius 3 is 2.26 bits per heavy atom. The molecule has 0 spiro atoms. The zero-order valence-corrected chi connectivity index (χ0v) is 12.1. The molecular formula is C13H21NO4S. The smallest absolute Gasteiger partial charge is 0.294 e. The van der Waals surface area contributed by atoms with Gasteiger partial charge in [0.15, 0.2) is 0 Å². The Balaban J connectivity index is 0.000000200. The first-order valence-corrected chi connectivity index (χ1v) is 7.64. The second kappa shape index (κ2) is 7.00. The predicted molar refractivity (Wildman–Crippen MR) is 73.6 cm³/mol. The second-order valence-corrected chi connectivity index (χ2v) is 6.18. The molecule has 3 N–H and O–H groups in total. The standard InChI is InChI=1S/C7H8O3S.C6H13NO/c1-6-2-4-7(5-3-6)11(8,9)10;1-5-4-6(7)2-3-8-5/h2-5H,1H3,(H,8,9,10);5-6H,2-4,7H2,1H3/t;5-,6+/m.1/s1. The molecule has 1 saturated heterocycles. The molecule has 0 saturated carbocycles. The van der Waals surface area contributed by atoms with Gasteiger partial charge in [-0.1, -0.05) is 17.7 Å². The molecule has 5 nitrogen and oxygen atoms in total. The van der Waals surface area contributed by atoms with Crippen LogP contribution >= 0.6 is 0 Å². The van der Waals surface area contributed by atoms with Crippen LogP contribution in [0.3, 0.4) is 0 Å². The van der Waals surface area contributed by atoms with Gasteiger partial charge >= 0.3 is 0 Å². The van der Waals surface area contributed by atoms with Crippen molar-refractivity contribution in [2.75, 3.05) is 6.61 Å². The third-order valence-electron chi connectivity index (χ3n) is 2.84. The first kappa shape index (κ1) is 16.1. The minimum Gasteiger partial charge on any atom is -0.378 e. The molecule has 0 unspecified atom stereocenters. The van der Waals surface area contributed by atoms with Gasteiger partial charge in [-0.15, -0.1) is 0 Å². The van der Waals surface area contributed by atoms with E-state index in [0.29, 0.717) is 12.1 Å². The predicted octanol–water partition coefficient (Wildman–Crippen LogP) is 1.75. The summed E-state index contributed by atoms with van der Waals surface area (Å²) in [6.45, 7) is 4.76. The maximum atomic E-state index is 10.5. The Morgan fingerprint density at radius 1 is 1.32 bits per heavy atom. The summed E-state index contributed by atoms with van der Waals surface area (Å²) in [5.74, 6) is 0. The number of hydrogen-bond acceptors (Lipinski definition) is 4. The molecule has 0 amide bonds. The van der Waals surface area contributed by atoms with Crippen LogP contribution in [0, 0.1) is 6.92 Å². The van der Waals surface area contributed by atoms with Crippen molar-refractivity contribution >= 4 is 10.1 Å². The second-order valence-electron chi connectivity index (χ2n) is 4.75. The van der Waals surface area contributed by atoms with Gasteiger partial charge < -0.3 is 10.5 Å². The average Bonchev–Trinajstić information content (AvgIpc) is 2.28. The van der Waals surface area contributed by atoms with Crippen molar-refractivity contribution in [3.8, 4) is 0 Å². The van der Waals surface area contributed by atoms with E-state index in [1.165, 1.54) is 12.1 Å². The summed E-state index contributed by atoms with van der Waals surface area (Å²) in [7, 11) is -4.02. The molecule has 1 fully saturated rings. The molecule has 0 aromatic heterocycles. The quantitative estimate of drug-likeness (QED) is 0.768. The fourth-order valence-electron chi connectivity index (χ4n) is 1.74. The molecule has 1 heterocycles. The average molecular weight is 287 g/mol. The zero-order valence-electron chi connectivity index (χ0n) is 11.2. The van der Waals surface area contributed by atoms with Gasteiger partial charge in [0.25, 0.3) is 10.1 Å². The van der Waals surface area contributed by atoms with E-state index in [-0.39, 0.29) is 4.90 Å². The summed E-state index contributed by atoms with van der Waals surface area (Å²) < 4.78 is 34.8. The molecular weight excluding hydrogens is 266 g/mol. The fourth-order valence-corrected chi connectivity index (χ4v) is 2.22. The van der Waals surface area contributed by atoms with Crippen molar-refractivity contribution in [1.29, 1.82) is 0 Å². The highest BCUT2D eigenvalue weighted by Crippen LogP contribution is 2.10. The molecule has 1 aliphatic heterocycles. The third-order valence-corrected chi connectivity index (χ3v) is 3.71. The first-order valence-electron chi connectivity index (χ1n) is 6.20. The molecule has 1 aromatic rings. The van der Waals surface area contributed by atoms with Crippen LogP contribution in [0.15, 0.2) is 29.2 Å². The van der Waals surface area contributed by atoms with E-state index >= 15 is 0 Å². The van der Waals surface area contributed by atoms with Crippen LogP contribution in [0.1, 0.15) is 25.3 Å². The minimum absolute atomic E-state index is 0.0666. The van der Waals surface area contributed by atoms with Gasteiger partial charge in [0.05, 0.1) is 11.0 Å². The molecule has 0 aliphatic carbocycles. The number of ether oxygens (including phenoxy) is 1. The van der Waals surface area contributed by atoms with E-state index in [1.807, 2.05) is 6.92 Å². The number of hydrogen-bond donors (Lipinski definition) is 2. The van der Waals surface area contributed by atoms with E-state index in [0.717, 1.165) is 25.0 Å². The van der Waals surface area contributed by atoms with Crippen molar-refractivity contribution in [2.24, 2.45) is 5.73 Å². The van der Waals surface area contributed by atoms with Gasteiger partial charge in [0.1, 0.15) is 0 Å². The van der Waals surface area contributed by atoms with E-state index in [4.69, 9.17) is 15.0 Å². The Labute approximate surface area is 114 Å². The van der Waals surface area contributed by atoms with Crippen LogP contribution in [0.5, 0.6) is 0 Å². The summed E-state index contributed by atoms with van der Waals surface area (Å²) in [5.41, 5.74) is 6.60. The first-order chi connectivity index (χ1) is 8.79. The van der Waals surface area contributed by atoms with Gasteiger partial charge in [-0.25, -0.2) is 0 Å². The van der Waals surface area contributed by atoms with E-state index in [2.05, 4.69) is 6.92 Å². The molecule has 0 radical (unpaired) electrons. The highest BCUT2D eigenvalue weighted by atomic mass is 32.2. The van der Waals surface area contributed by atoms with E-state index in [9.17, 15) is 8.42 Å². The fraction of sp³-hybridized carbons (Fsp3) is 0.538. The molecule has 6 heteroatoms. The van der Waals surface area contributed by atoms with E-state index < -0.39 is 10.1 Å². The molecule has 0 bridgehead atoms. The lowest BCUT2D eigenvalue weighted by atomic mass is 10.1. The molecule has 108 valence electrons. The Bertz CT molecular complexity index is 476. The Hall–Kier alpha value is -0.950. The summed E-state index contributed by atoms with van der Waals surface area (Å²) >= 11 is 0. The third kappa shape index (κ3) is 6.15. The van der Waals surface area contributed by atoms with Gasteiger partial charge in [-0.05, 0) is 38.8 Å². The lowest BCUT2D eigenvalue weighted by molar-refractivity contribution is 0.0200. The van der Waals surface area contributed by atoms with Gasteiger partial charge in [-0.3, -0.25) is 4.55 Å². The van der Waals surface area contributed by atoms with Crippen molar-refractivity contribution in [3.63, 3.8) is 0 Å². The molecule has 2 atom stereocenters. The molecule has 1 aromatic carbocycles. The van der Waals surface area contributed by atoms with Crippen molar-refractivity contribution in [3.05, 3.63) is 29.8 Å². The maximum absolute atomic E-state index is 10.5. The number of nitrogens with two attached hydrogens (primary N) is 1. The summed E-state index contributed by atoms with van der Waals surface area (Å²) in [6.07, 6.45) is 2.45. The normalized spacial score (nSPS) is 23.4. The topological polar surface area (TPSA) is 89.6 Å². The Kier molecular flexibility index (Phi) is 5.93. The largest absolute Gasteiger partial charge is 0.378 e. The highest BCUT2D eigenvalue weighted by Gasteiger charge is 2.14. The monoisotopic (exact) mass is 287 g/mol. The van der Waals surface area contributed by atoms with Gasteiger partial charge in [0.2, 0.25) is 0 Å². The van der Waals surface area contributed by atoms with Crippen LogP contribution in [-0.4, -0.2) is 31.7 Å². The molecule has 19 heavy (non-hydrogen) atoms. The van der Waals surface area contributed by atoms with Crippen molar-refractivity contribution in [2.45, 2.75) is 43.7 Å². The Morgan fingerprint density at radius 2 is 1.89 bits per heavy atom. The number of aryl methyl sites for hydroxylation is 1. The minimum atomic E-state index is -4.02.